The first-order chi connectivity index (χ1) is 9.27. The quantitative estimate of drug-likeness (QED) is 0.533. The molecule has 0 aliphatic carbocycles. The van der Waals surface area contributed by atoms with Gasteiger partial charge in [0.25, 0.3) is 0 Å². The summed E-state index contributed by atoms with van der Waals surface area (Å²) >= 11 is 0. The summed E-state index contributed by atoms with van der Waals surface area (Å²) in [6.45, 7) is 3.45. The Bertz CT molecular complexity index is 243. The summed E-state index contributed by atoms with van der Waals surface area (Å²) < 4.78 is 0. The number of hydrogen-bond acceptors (Lipinski definition) is 4. The van der Waals surface area contributed by atoms with Crippen LogP contribution in [0.5, 0.6) is 0 Å². The number of aliphatic hydroxyl groups excluding tert-OH is 1. The summed E-state index contributed by atoms with van der Waals surface area (Å²) in [5.74, 6) is 0.234. The zero-order valence-electron chi connectivity index (χ0n) is 11.9. The van der Waals surface area contributed by atoms with Gasteiger partial charge in [0.05, 0.1) is 0 Å². The first-order valence-corrected chi connectivity index (χ1v) is 7.60. The van der Waals surface area contributed by atoms with E-state index in [0.717, 1.165) is 51.7 Å². The predicted molar refractivity (Wildman–Crippen MR) is 76.8 cm³/mol. The number of piperidine rings is 1. The van der Waals surface area contributed by atoms with Gasteiger partial charge in [0, 0.05) is 38.7 Å². The topological polar surface area (TPSA) is 78.6 Å². The number of nitrogens with two attached hydrogens (primary N) is 1. The van der Waals surface area contributed by atoms with Gasteiger partial charge in [-0.05, 0) is 45.1 Å². The van der Waals surface area contributed by atoms with Crippen LogP contribution >= 0.6 is 0 Å². The van der Waals surface area contributed by atoms with Crippen LogP contribution in [0.3, 0.4) is 0 Å². The average molecular weight is 271 g/mol. The van der Waals surface area contributed by atoms with Crippen molar-refractivity contribution in [3.05, 3.63) is 0 Å². The van der Waals surface area contributed by atoms with Gasteiger partial charge in [-0.15, -0.1) is 0 Å². The molecule has 1 rings (SSSR count). The molecule has 0 saturated carbocycles. The lowest BCUT2D eigenvalue weighted by atomic mass is 10.1. The molecule has 1 fully saturated rings. The van der Waals surface area contributed by atoms with Crippen molar-refractivity contribution in [3.63, 3.8) is 0 Å². The summed E-state index contributed by atoms with van der Waals surface area (Å²) in [6.07, 6.45) is 6.91. The molecule has 1 atom stereocenters. The Morgan fingerprint density at radius 2 is 1.95 bits per heavy atom. The fourth-order valence-corrected chi connectivity index (χ4v) is 2.44. The minimum absolute atomic E-state index is 0.0866. The number of carbonyl (C=O) groups is 1. The van der Waals surface area contributed by atoms with Crippen molar-refractivity contribution in [3.8, 4) is 0 Å². The molecule has 4 N–H and O–H groups in total. The standard InChI is InChI=1S/C14H29N3O2/c15-12-13(16-7-3-1-6-10-18)11-14(19)17-8-4-2-5-9-17/h13,16,18H,1-12,15H2. The summed E-state index contributed by atoms with van der Waals surface area (Å²) in [5.41, 5.74) is 5.72. The molecule has 19 heavy (non-hydrogen) atoms. The Balaban J connectivity index is 2.17. The number of likely N-dealkylation sites (tertiary alicyclic amines) is 1. The molecular formula is C14H29N3O2. The van der Waals surface area contributed by atoms with Gasteiger partial charge in [0.2, 0.25) is 5.91 Å². The van der Waals surface area contributed by atoms with Crippen molar-refractivity contribution in [2.24, 2.45) is 5.73 Å². The first-order valence-electron chi connectivity index (χ1n) is 7.60. The number of nitrogens with zero attached hydrogens (tertiary/aromatic N) is 1. The normalized spacial score (nSPS) is 17.5. The van der Waals surface area contributed by atoms with E-state index in [2.05, 4.69) is 5.32 Å². The van der Waals surface area contributed by atoms with Crippen LogP contribution in [-0.2, 0) is 4.79 Å². The summed E-state index contributed by atoms with van der Waals surface area (Å²) in [6, 6.07) is 0.0866. The van der Waals surface area contributed by atoms with Crippen LogP contribution in [0.1, 0.15) is 44.9 Å². The zero-order chi connectivity index (χ0) is 13.9. The molecule has 0 aromatic rings. The second kappa shape index (κ2) is 10.2. The highest BCUT2D eigenvalue weighted by Gasteiger charge is 2.19. The highest BCUT2D eigenvalue weighted by Crippen LogP contribution is 2.10. The second-order valence-corrected chi connectivity index (χ2v) is 5.32. The molecule has 1 aliphatic heterocycles. The van der Waals surface area contributed by atoms with Gasteiger partial charge >= 0.3 is 0 Å². The number of carbonyl (C=O) groups excluding carboxylic acids is 1. The van der Waals surface area contributed by atoms with Crippen LogP contribution in [0, 0.1) is 0 Å². The van der Waals surface area contributed by atoms with Gasteiger partial charge in [-0.1, -0.05) is 0 Å². The first kappa shape index (κ1) is 16.4. The van der Waals surface area contributed by atoms with Crippen LogP contribution in [0.25, 0.3) is 0 Å². The van der Waals surface area contributed by atoms with Crippen LogP contribution < -0.4 is 11.1 Å². The molecule has 1 aliphatic rings. The van der Waals surface area contributed by atoms with E-state index in [1.165, 1.54) is 6.42 Å². The third-order valence-electron chi connectivity index (χ3n) is 3.68. The lowest BCUT2D eigenvalue weighted by Gasteiger charge is -2.28. The van der Waals surface area contributed by atoms with Crippen LogP contribution in [0.4, 0.5) is 0 Å². The van der Waals surface area contributed by atoms with E-state index in [4.69, 9.17) is 10.8 Å². The molecule has 0 bridgehead atoms. The molecule has 1 heterocycles. The highest BCUT2D eigenvalue weighted by atomic mass is 16.2. The van der Waals surface area contributed by atoms with E-state index in [9.17, 15) is 4.79 Å². The molecule has 112 valence electrons. The second-order valence-electron chi connectivity index (χ2n) is 5.32. The van der Waals surface area contributed by atoms with Gasteiger partial charge < -0.3 is 21.1 Å². The van der Waals surface area contributed by atoms with Crippen molar-refractivity contribution in [2.45, 2.75) is 51.0 Å². The SMILES string of the molecule is NCC(CC(=O)N1CCCCC1)NCCCCCO. The zero-order valence-corrected chi connectivity index (χ0v) is 11.9. The van der Waals surface area contributed by atoms with E-state index in [0.29, 0.717) is 13.0 Å². The number of aliphatic hydroxyl groups is 1. The highest BCUT2D eigenvalue weighted by molar-refractivity contribution is 5.76. The third-order valence-corrected chi connectivity index (χ3v) is 3.68. The van der Waals surface area contributed by atoms with Crippen molar-refractivity contribution in [1.29, 1.82) is 0 Å². The minimum atomic E-state index is 0.0866. The van der Waals surface area contributed by atoms with E-state index < -0.39 is 0 Å². The molecule has 0 aromatic heterocycles. The Labute approximate surface area is 116 Å². The molecule has 0 aromatic carbocycles. The van der Waals surface area contributed by atoms with Gasteiger partial charge in [-0.25, -0.2) is 0 Å². The molecule has 5 heteroatoms. The Morgan fingerprint density at radius 1 is 1.21 bits per heavy atom. The van der Waals surface area contributed by atoms with E-state index in [1.54, 1.807) is 0 Å². The lowest BCUT2D eigenvalue weighted by molar-refractivity contribution is -0.132. The predicted octanol–water partition coefficient (Wildman–Crippen LogP) is 0.468. The molecule has 1 unspecified atom stereocenters. The minimum Gasteiger partial charge on any atom is -0.396 e. The number of nitrogens with one attached hydrogen (secondary N) is 1. The summed E-state index contributed by atoms with van der Waals surface area (Å²) in [5, 5.41) is 12.0. The Hall–Kier alpha value is -0.650. The van der Waals surface area contributed by atoms with Gasteiger partial charge in [0.1, 0.15) is 0 Å². The molecule has 5 nitrogen and oxygen atoms in total. The largest absolute Gasteiger partial charge is 0.396 e. The molecule has 0 radical (unpaired) electrons. The Morgan fingerprint density at radius 3 is 2.58 bits per heavy atom. The number of hydrogen-bond donors (Lipinski definition) is 3. The van der Waals surface area contributed by atoms with Crippen molar-refractivity contribution in [2.75, 3.05) is 32.8 Å². The van der Waals surface area contributed by atoms with Crippen molar-refractivity contribution < 1.29 is 9.90 Å². The molecule has 1 saturated heterocycles. The van der Waals surface area contributed by atoms with Crippen LogP contribution in [0.15, 0.2) is 0 Å². The number of amides is 1. The molecular weight excluding hydrogens is 242 g/mol. The van der Waals surface area contributed by atoms with Crippen molar-refractivity contribution >= 4 is 5.91 Å². The van der Waals surface area contributed by atoms with Crippen LogP contribution in [0.2, 0.25) is 0 Å². The number of unbranched alkanes of at least 4 members (excludes halogenated alkanes) is 2. The monoisotopic (exact) mass is 271 g/mol. The third kappa shape index (κ3) is 6.89. The molecule has 0 spiro atoms. The fraction of sp³-hybridized carbons (Fsp3) is 0.929. The smallest absolute Gasteiger partial charge is 0.224 e. The number of rotatable bonds is 9. The maximum atomic E-state index is 12.1. The van der Waals surface area contributed by atoms with Gasteiger partial charge in [-0.3, -0.25) is 4.79 Å². The summed E-state index contributed by atoms with van der Waals surface area (Å²) in [4.78, 5) is 14.1. The maximum Gasteiger partial charge on any atom is 0.224 e. The van der Waals surface area contributed by atoms with Crippen LogP contribution in [-0.4, -0.2) is 54.7 Å². The van der Waals surface area contributed by atoms with Crippen molar-refractivity contribution in [1.82, 2.24) is 10.2 Å². The molecule has 1 amide bonds. The van der Waals surface area contributed by atoms with Gasteiger partial charge in [-0.2, -0.15) is 0 Å². The lowest BCUT2D eigenvalue weighted by Crippen LogP contribution is -2.43. The average Bonchev–Trinajstić information content (AvgIpc) is 2.46. The van der Waals surface area contributed by atoms with E-state index in [1.807, 2.05) is 4.90 Å². The summed E-state index contributed by atoms with van der Waals surface area (Å²) in [7, 11) is 0. The van der Waals surface area contributed by atoms with Gasteiger partial charge in [0.15, 0.2) is 0 Å². The fourth-order valence-electron chi connectivity index (χ4n) is 2.44. The maximum absolute atomic E-state index is 12.1. The van der Waals surface area contributed by atoms with E-state index >= 15 is 0 Å². The Kier molecular flexibility index (Phi) is 8.79. The van der Waals surface area contributed by atoms with E-state index in [-0.39, 0.29) is 18.6 Å².